The molecule has 2 aromatic carbocycles. The minimum Gasteiger partial charge on any atom is -0.380 e. The van der Waals surface area contributed by atoms with Gasteiger partial charge in [0.05, 0.1) is 6.61 Å². The van der Waals surface area contributed by atoms with Gasteiger partial charge in [-0.2, -0.15) is 0 Å². The predicted molar refractivity (Wildman–Crippen MR) is 70.3 cm³/mol. The molecule has 0 aliphatic carbocycles. The predicted octanol–water partition coefficient (Wildman–Crippen LogP) is 4.26. The van der Waals surface area contributed by atoms with Crippen molar-refractivity contribution in [1.82, 2.24) is 0 Å². The van der Waals surface area contributed by atoms with E-state index in [0.29, 0.717) is 6.61 Å². The summed E-state index contributed by atoms with van der Waals surface area (Å²) in [4.78, 5) is 0. The van der Waals surface area contributed by atoms with E-state index in [1.165, 1.54) is 16.7 Å². The molecule has 0 atom stereocenters. The van der Waals surface area contributed by atoms with Crippen molar-refractivity contribution in [2.24, 2.45) is 0 Å². The van der Waals surface area contributed by atoms with E-state index >= 15 is 0 Å². The van der Waals surface area contributed by atoms with Crippen LogP contribution in [0.1, 0.15) is 5.56 Å². The average Bonchev–Trinajstić information content (AvgIpc) is 2.30. The molecule has 2 rings (SSSR count). The molecule has 2 heteroatoms. The van der Waals surface area contributed by atoms with Gasteiger partial charge in [0.2, 0.25) is 0 Å². The summed E-state index contributed by atoms with van der Waals surface area (Å²) in [6.07, 6.45) is 0. The topological polar surface area (TPSA) is 9.23 Å². The first-order chi connectivity index (χ1) is 7.79. The van der Waals surface area contributed by atoms with Gasteiger partial charge in [-0.05, 0) is 34.9 Å². The maximum atomic E-state index is 5.13. The first kappa shape index (κ1) is 11.4. The summed E-state index contributed by atoms with van der Waals surface area (Å²) in [6.45, 7) is 0.655. The Kier molecular flexibility index (Phi) is 3.75. The molecule has 0 amide bonds. The SMILES string of the molecule is COCc1cccc(-c2cccc(Br)c2)c1. The highest BCUT2D eigenvalue weighted by atomic mass is 79.9. The van der Waals surface area contributed by atoms with Crippen LogP contribution in [0.15, 0.2) is 53.0 Å². The molecule has 0 N–H and O–H groups in total. The molecule has 1 nitrogen and oxygen atoms in total. The smallest absolute Gasteiger partial charge is 0.0713 e. The van der Waals surface area contributed by atoms with Crippen LogP contribution in [-0.2, 0) is 11.3 Å². The Morgan fingerprint density at radius 1 is 1.00 bits per heavy atom. The Morgan fingerprint density at radius 3 is 2.38 bits per heavy atom. The minimum absolute atomic E-state index is 0.655. The molecule has 0 saturated heterocycles. The largest absolute Gasteiger partial charge is 0.380 e. The van der Waals surface area contributed by atoms with Crippen LogP contribution in [0.5, 0.6) is 0 Å². The van der Waals surface area contributed by atoms with Gasteiger partial charge in [0, 0.05) is 11.6 Å². The van der Waals surface area contributed by atoms with Crippen molar-refractivity contribution in [1.29, 1.82) is 0 Å². The van der Waals surface area contributed by atoms with E-state index in [2.05, 4.69) is 52.3 Å². The molecule has 0 radical (unpaired) electrons. The fourth-order valence-corrected chi connectivity index (χ4v) is 2.07. The average molecular weight is 277 g/mol. The van der Waals surface area contributed by atoms with E-state index in [1.807, 2.05) is 12.1 Å². The van der Waals surface area contributed by atoms with Crippen molar-refractivity contribution in [3.63, 3.8) is 0 Å². The lowest BCUT2D eigenvalue weighted by molar-refractivity contribution is 0.185. The zero-order valence-corrected chi connectivity index (χ0v) is 10.7. The Hall–Kier alpha value is -1.12. The molecular weight excluding hydrogens is 264 g/mol. The van der Waals surface area contributed by atoms with Crippen LogP contribution in [0.25, 0.3) is 11.1 Å². The second kappa shape index (κ2) is 5.28. The van der Waals surface area contributed by atoms with Crippen molar-refractivity contribution in [3.05, 3.63) is 58.6 Å². The summed E-state index contributed by atoms with van der Waals surface area (Å²) in [6, 6.07) is 16.7. The molecule has 0 fully saturated rings. The molecule has 0 aromatic heterocycles. The highest BCUT2D eigenvalue weighted by Gasteiger charge is 1.99. The van der Waals surface area contributed by atoms with Crippen molar-refractivity contribution in [3.8, 4) is 11.1 Å². The number of halogens is 1. The lowest BCUT2D eigenvalue weighted by Gasteiger charge is -2.05. The van der Waals surface area contributed by atoms with Crippen LogP contribution in [0.2, 0.25) is 0 Å². The first-order valence-electron chi connectivity index (χ1n) is 5.13. The molecule has 2 aromatic rings. The highest BCUT2D eigenvalue weighted by molar-refractivity contribution is 9.10. The van der Waals surface area contributed by atoms with E-state index in [1.54, 1.807) is 7.11 Å². The number of hydrogen-bond acceptors (Lipinski definition) is 1. The third-order valence-electron chi connectivity index (χ3n) is 2.40. The molecule has 0 unspecified atom stereocenters. The summed E-state index contributed by atoms with van der Waals surface area (Å²) in [5.41, 5.74) is 3.63. The standard InChI is InChI=1S/C14H13BrO/c1-16-10-11-4-2-5-12(8-11)13-6-3-7-14(15)9-13/h2-9H,10H2,1H3. The van der Waals surface area contributed by atoms with Gasteiger partial charge in [0.1, 0.15) is 0 Å². The summed E-state index contributed by atoms with van der Waals surface area (Å²) in [7, 11) is 1.71. The zero-order valence-electron chi connectivity index (χ0n) is 9.11. The van der Waals surface area contributed by atoms with Gasteiger partial charge in [-0.1, -0.05) is 46.3 Å². The number of benzene rings is 2. The Labute approximate surface area is 104 Å². The van der Waals surface area contributed by atoms with Crippen LogP contribution in [0.4, 0.5) is 0 Å². The lowest BCUT2D eigenvalue weighted by atomic mass is 10.0. The second-order valence-corrected chi connectivity index (χ2v) is 4.56. The summed E-state index contributed by atoms with van der Waals surface area (Å²) < 4.78 is 6.23. The van der Waals surface area contributed by atoms with Crippen LogP contribution < -0.4 is 0 Å². The van der Waals surface area contributed by atoms with Gasteiger partial charge >= 0.3 is 0 Å². The van der Waals surface area contributed by atoms with Crippen LogP contribution in [-0.4, -0.2) is 7.11 Å². The third kappa shape index (κ3) is 2.71. The highest BCUT2D eigenvalue weighted by Crippen LogP contribution is 2.23. The van der Waals surface area contributed by atoms with E-state index < -0.39 is 0 Å². The normalized spacial score (nSPS) is 10.4. The first-order valence-corrected chi connectivity index (χ1v) is 5.93. The maximum absolute atomic E-state index is 5.13. The minimum atomic E-state index is 0.655. The van der Waals surface area contributed by atoms with Gasteiger partial charge in [-0.3, -0.25) is 0 Å². The van der Waals surface area contributed by atoms with Crippen LogP contribution in [0.3, 0.4) is 0 Å². The van der Waals surface area contributed by atoms with Gasteiger partial charge < -0.3 is 4.74 Å². The summed E-state index contributed by atoms with van der Waals surface area (Å²) in [5.74, 6) is 0. The number of ether oxygens (including phenoxy) is 1. The summed E-state index contributed by atoms with van der Waals surface area (Å²) in [5, 5.41) is 0. The van der Waals surface area contributed by atoms with Crippen LogP contribution in [0, 0.1) is 0 Å². The molecular formula is C14H13BrO. The molecule has 0 aliphatic heterocycles. The van der Waals surface area contributed by atoms with E-state index in [-0.39, 0.29) is 0 Å². The molecule has 0 heterocycles. The van der Waals surface area contributed by atoms with E-state index in [0.717, 1.165) is 4.47 Å². The Balaban J connectivity index is 2.36. The molecule has 16 heavy (non-hydrogen) atoms. The third-order valence-corrected chi connectivity index (χ3v) is 2.89. The second-order valence-electron chi connectivity index (χ2n) is 3.64. The molecule has 0 aliphatic rings. The van der Waals surface area contributed by atoms with Crippen molar-refractivity contribution < 1.29 is 4.74 Å². The van der Waals surface area contributed by atoms with Gasteiger partial charge in [-0.15, -0.1) is 0 Å². The summed E-state index contributed by atoms with van der Waals surface area (Å²) >= 11 is 3.48. The van der Waals surface area contributed by atoms with Gasteiger partial charge in [0.25, 0.3) is 0 Å². The van der Waals surface area contributed by atoms with Crippen molar-refractivity contribution in [2.45, 2.75) is 6.61 Å². The Bertz CT molecular complexity index is 480. The molecule has 0 saturated carbocycles. The quantitative estimate of drug-likeness (QED) is 0.814. The Morgan fingerprint density at radius 2 is 1.69 bits per heavy atom. The number of hydrogen-bond donors (Lipinski definition) is 0. The van der Waals surface area contributed by atoms with Gasteiger partial charge in [-0.25, -0.2) is 0 Å². The van der Waals surface area contributed by atoms with Gasteiger partial charge in [0.15, 0.2) is 0 Å². The molecule has 82 valence electrons. The number of methoxy groups -OCH3 is 1. The van der Waals surface area contributed by atoms with Crippen molar-refractivity contribution >= 4 is 15.9 Å². The van der Waals surface area contributed by atoms with Crippen LogP contribution >= 0.6 is 15.9 Å². The molecule has 0 spiro atoms. The van der Waals surface area contributed by atoms with E-state index in [9.17, 15) is 0 Å². The van der Waals surface area contributed by atoms with E-state index in [4.69, 9.17) is 4.74 Å². The number of rotatable bonds is 3. The van der Waals surface area contributed by atoms with Crippen molar-refractivity contribution in [2.75, 3.05) is 7.11 Å². The lowest BCUT2D eigenvalue weighted by Crippen LogP contribution is -1.87. The monoisotopic (exact) mass is 276 g/mol. The maximum Gasteiger partial charge on any atom is 0.0713 e. The zero-order chi connectivity index (χ0) is 11.4. The molecule has 0 bridgehead atoms. The fourth-order valence-electron chi connectivity index (χ4n) is 1.68. The fraction of sp³-hybridized carbons (Fsp3) is 0.143.